The summed E-state index contributed by atoms with van der Waals surface area (Å²) in [5, 5.41) is 2.97. The standard InChI is InChI=1S/C6H11NO2/c1-4-5(8)9-6(2,3)7-4/h4,7H,1-3H3/t4-/m0/s1. The molecule has 3 nitrogen and oxygen atoms in total. The second kappa shape index (κ2) is 1.70. The second-order valence-electron chi connectivity index (χ2n) is 2.80. The summed E-state index contributed by atoms with van der Waals surface area (Å²) in [6.45, 7) is 5.44. The normalized spacial score (nSPS) is 32.3. The largest absolute Gasteiger partial charge is 0.443 e. The van der Waals surface area contributed by atoms with E-state index < -0.39 is 5.72 Å². The van der Waals surface area contributed by atoms with Crippen molar-refractivity contribution in [3.63, 3.8) is 0 Å². The first-order valence-corrected chi connectivity index (χ1v) is 3.02. The zero-order chi connectivity index (χ0) is 7.07. The minimum Gasteiger partial charge on any atom is -0.443 e. The van der Waals surface area contributed by atoms with Gasteiger partial charge in [0.2, 0.25) is 0 Å². The zero-order valence-electron chi connectivity index (χ0n) is 5.89. The molecule has 1 rings (SSSR count). The average Bonchev–Trinajstić information content (AvgIpc) is 1.79. The topological polar surface area (TPSA) is 38.3 Å². The quantitative estimate of drug-likeness (QED) is 0.477. The average molecular weight is 129 g/mol. The lowest BCUT2D eigenvalue weighted by Crippen LogP contribution is -2.37. The molecule has 0 aromatic heterocycles. The first kappa shape index (κ1) is 6.55. The molecule has 0 amide bonds. The number of hydrogen-bond donors (Lipinski definition) is 1. The van der Waals surface area contributed by atoms with Crippen molar-refractivity contribution in [1.82, 2.24) is 5.32 Å². The third kappa shape index (κ3) is 1.21. The van der Waals surface area contributed by atoms with Crippen LogP contribution in [0.15, 0.2) is 0 Å². The fraction of sp³-hybridized carbons (Fsp3) is 0.833. The Balaban J connectivity index is 2.65. The molecule has 1 aliphatic rings. The number of rotatable bonds is 0. The van der Waals surface area contributed by atoms with Gasteiger partial charge in [0.15, 0.2) is 5.72 Å². The molecule has 0 unspecified atom stereocenters. The van der Waals surface area contributed by atoms with E-state index in [0.717, 1.165) is 0 Å². The molecular weight excluding hydrogens is 118 g/mol. The Hall–Kier alpha value is -0.570. The monoisotopic (exact) mass is 129 g/mol. The summed E-state index contributed by atoms with van der Waals surface area (Å²) in [7, 11) is 0. The molecule has 3 heteroatoms. The van der Waals surface area contributed by atoms with Gasteiger partial charge in [-0.15, -0.1) is 0 Å². The van der Waals surface area contributed by atoms with Gasteiger partial charge in [-0.25, -0.2) is 0 Å². The summed E-state index contributed by atoms with van der Waals surface area (Å²) < 4.78 is 4.91. The third-order valence-corrected chi connectivity index (χ3v) is 1.27. The molecular formula is C6H11NO2. The summed E-state index contributed by atoms with van der Waals surface area (Å²) in [4.78, 5) is 10.7. The number of nitrogens with one attached hydrogen (secondary N) is 1. The second-order valence-corrected chi connectivity index (χ2v) is 2.80. The van der Waals surface area contributed by atoms with Crippen LogP contribution in [0, 0.1) is 0 Å². The summed E-state index contributed by atoms with van der Waals surface area (Å²) >= 11 is 0. The van der Waals surface area contributed by atoms with Crippen LogP contribution in [0.5, 0.6) is 0 Å². The Labute approximate surface area is 54.4 Å². The molecule has 0 aromatic rings. The minimum absolute atomic E-state index is 0.153. The molecule has 0 radical (unpaired) electrons. The van der Waals surface area contributed by atoms with Crippen molar-refractivity contribution in [2.45, 2.75) is 32.5 Å². The van der Waals surface area contributed by atoms with Crippen molar-refractivity contribution in [1.29, 1.82) is 0 Å². The fourth-order valence-corrected chi connectivity index (χ4v) is 0.950. The molecule has 0 aliphatic carbocycles. The van der Waals surface area contributed by atoms with Crippen molar-refractivity contribution >= 4 is 5.97 Å². The van der Waals surface area contributed by atoms with Crippen molar-refractivity contribution in [3.8, 4) is 0 Å². The summed E-state index contributed by atoms with van der Waals surface area (Å²) in [5.74, 6) is -0.167. The van der Waals surface area contributed by atoms with Gasteiger partial charge in [0.1, 0.15) is 6.04 Å². The van der Waals surface area contributed by atoms with E-state index in [1.165, 1.54) is 0 Å². The molecule has 0 aromatic carbocycles. The van der Waals surface area contributed by atoms with Crippen LogP contribution in [-0.4, -0.2) is 17.7 Å². The highest BCUT2D eigenvalue weighted by Gasteiger charge is 2.35. The van der Waals surface area contributed by atoms with Crippen LogP contribution in [0.1, 0.15) is 20.8 Å². The van der Waals surface area contributed by atoms with Crippen LogP contribution in [-0.2, 0) is 9.53 Å². The summed E-state index contributed by atoms with van der Waals surface area (Å²) in [6, 6.07) is -0.153. The van der Waals surface area contributed by atoms with Crippen LogP contribution < -0.4 is 5.32 Å². The van der Waals surface area contributed by atoms with Crippen LogP contribution >= 0.6 is 0 Å². The number of esters is 1. The Morgan fingerprint density at radius 3 is 2.33 bits per heavy atom. The van der Waals surface area contributed by atoms with Crippen molar-refractivity contribution in [2.75, 3.05) is 0 Å². The van der Waals surface area contributed by atoms with Gasteiger partial charge in [-0.2, -0.15) is 0 Å². The molecule has 1 saturated heterocycles. The summed E-state index contributed by atoms with van der Waals surface area (Å²) in [6.07, 6.45) is 0. The van der Waals surface area contributed by atoms with Gasteiger partial charge in [-0.3, -0.25) is 10.1 Å². The molecule has 1 heterocycles. The van der Waals surface area contributed by atoms with E-state index in [1.54, 1.807) is 6.92 Å². The van der Waals surface area contributed by atoms with E-state index >= 15 is 0 Å². The maximum atomic E-state index is 10.7. The van der Waals surface area contributed by atoms with Crippen molar-refractivity contribution < 1.29 is 9.53 Å². The van der Waals surface area contributed by atoms with Gasteiger partial charge < -0.3 is 4.74 Å². The van der Waals surface area contributed by atoms with Crippen LogP contribution in [0.25, 0.3) is 0 Å². The van der Waals surface area contributed by atoms with Gasteiger partial charge in [-0.1, -0.05) is 0 Å². The van der Waals surface area contributed by atoms with Gasteiger partial charge in [0.25, 0.3) is 0 Å². The van der Waals surface area contributed by atoms with E-state index in [-0.39, 0.29) is 12.0 Å². The van der Waals surface area contributed by atoms with Gasteiger partial charge >= 0.3 is 5.97 Å². The lowest BCUT2D eigenvalue weighted by Gasteiger charge is -2.15. The van der Waals surface area contributed by atoms with E-state index in [1.807, 2.05) is 13.8 Å². The highest BCUT2D eigenvalue weighted by Crippen LogP contribution is 2.14. The highest BCUT2D eigenvalue weighted by atomic mass is 16.6. The molecule has 0 bridgehead atoms. The lowest BCUT2D eigenvalue weighted by molar-refractivity contribution is -0.146. The van der Waals surface area contributed by atoms with Gasteiger partial charge in [0, 0.05) is 0 Å². The third-order valence-electron chi connectivity index (χ3n) is 1.27. The first-order chi connectivity index (χ1) is 4.01. The number of cyclic esters (lactones) is 1. The number of carbonyl (C=O) groups excluding carboxylic acids is 1. The van der Waals surface area contributed by atoms with E-state index in [2.05, 4.69) is 5.32 Å². The number of hydrogen-bond acceptors (Lipinski definition) is 3. The van der Waals surface area contributed by atoms with Gasteiger partial charge in [-0.05, 0) is 20.8 Å². The minimum atomic E-state index is -0.462. The predicted molar refractivity (Wildman–Crippen MR) is 32.8 cm³/mol. The maximum Gasteiger partial charge on any atom is 0.324 e. The smallest absolute Gasteiger partial charge is 0.324 e. The fourth-order valence-electron chi connectivity index (χ4n) is 0.950. The highest BCUT2D eigenvalue weighted by molar-refractivity contribution is 5.77. The maximum absolute atomic E-state index is 10.7. The van der Waals surface area contributed by atoms with Crippen molar-refractivity contribution in [3.05, 3.63) is 0 Å². The number of carbonyl (C=O) groups is 1. The van der Waals surface area contributed by atoms with E-state index in [9.17, 15) is 4.79 Å². The lowest BCUT2D eigenvalue weighted by atomic mass is 10.3. The molecule has 1 aliphatic heterocycles. The molecule has 1 fully saturated rings. The zero-order valence-corrected chi connectivity index (χ0v) is 5.89. The van der Waals surface area contributed by atoms with Crippen LogP contribution in [0.2, 0.25) is 0 Å². The van der Waals surface area contributed by atoms with Gasteiger partial charge in [0.05, 0.1) is 0 Å². The first-order valence-electron chi connectivity index (χ1n) is 3.02. The SMILES string of the molecule is C[C@@H]1NC(C)(C)OC1=O. The molecule has 52 valence electrons. The van der Waals surface area contributed by atoms with E-state index in [0.29, 0.717) is 0 Å². The Morgan fingerprint density at radius 2 is 2.22 bits per heavy atom. The van der Waals surface area contributed by atoms with E-state index in [4.69, 9.17) is 4.74 Å². The Kier molecular flexibility index (Phi) is 1.24. The molecule has 0 spiro atoms. The summed E-state index contributed by atoms with van der Waals surface area (Å²) in [5.41, 5.74) is -0.462. The molecule has 1 N–H and O–H groups in total. The van der Waals surface area contributed by atoms with Crippen LogP contribution in [0.4, 0.5) is 0 Å². The number of ether oxygens (including phenoxy) is 1. The van der Waals surface area contributed by atoms with Crippen LogP contribution in [0.3, 0.4) is 0 Å². The predicted octanol–water partition coefficient (Wildman–Crippen LogP) is 0.257. The molecule has 9 heavy (non-hydrogen) atoms. The van der Waals surface area contributed by atoms with Crippen molar-refractivity contribution in [2.24, 2.45) is 0 Å². The molecule has 0 saturated carbocycles. The Morgan fingerprint density at radius 1 is 1.67 bits per heavy atom. The molecule has 1 atom stereocenters. The Bertz CT molecular complexity index is 142.